The number of anilines is 2. The maximum Gasteiger partial charge on any atom is 0.277 e. The maximum atomic E-state index is 13.7. The van der Waals surface area contributed by atoms with Crippen LogP contribution in [-0.2, 0) is 6.54 Å². The van der Waals surface area contributed by atoms with Gasteiger partial charge in [0.2, 0.25) is 0 Å². The molecule has 1 fully saturated rings. The van der Waals surface area contributed by atoms with Gasteiger partial charge in [-0.3, -0.25) is 19.1 Å². The minimum atomic E-state index is -0.731. The fraction of sp³-hybridized carbons (Fsp3) is 0.375. The molecular formula is C24H29N7O2. The highest BCUT2D eigenvalue weighted by molar-refractivity contribution is 5.94. The third-order valence-electron chi connectivity index (χ3n) is 5.62. The van der Waals surface area contributed by atoms with Crippen LogP contribution in [-0.4, -0.2) is 54.4 Å². The summed E-state index contributed by atoms with van der Waals surface area (Å²) < 4.78 is 1.29. The van der Waals surface area contributed by atoms with E-state index in [0.29, 0.717) is 29.1 Å². The molecule has 0 radical (unpaired) electrons. The standard InChI is InChI=1S/C24H29N7O2/c1-4-6-8-18(15-25)17(3)16-31-20(22(26)32)14-19-21(23(31)33)30(11-7-5-2)24(28-19)29-12-9-27-10-13-29/h4,6,8,14,24,27-28H,3,9-13,16H2,1-2H3,(H2,26,32)/b6-4-,18-8-. The number of nitrogens with two attached hydrogens (primary N) is 1. The Morgan fingerprint density at radius 1 is 1.39 bits per heavy atom. The molecule has 1 atom stereocenters. The normalized spacial score (nSPS) is 18.3. The van der Waals surface area contributed by atoms with E-state index in [4.69, 9.17) is 5.73 Å². The van der Waals surface area contributed by atoms with Gasteiger partial charge in [-0.25, -0.2) is 0 Å². The number of allylic oxidation sites excluding steroid dienone is 5. The lowest BCUT2D eigenvalue weighted by Crippen LogP contribution is -2.56. The number of amides is 1. The Hall–Kier alpha value is -3.79. The molecule has 3 heterocycles. The molecule has 0 bridgehead atoms. The smallest absolute Gasteiger partial charge is 0.277 e. The summed E-state index contributed by atoms with van der Waals surface area (Å²) >= 11 is 0. The van der Waals surface area contributed by atoms with Gasteiger partial charge in [0, 0.05) is 26.2 Å². The molecule has 172 valence electrons. The molecule has 1 aromatic rings. The number of hydrogen-bond acceptors (Lipinski definition) is 7. The number of nitrogens with one attached hydrogen (secondary N) is 2. The molecule has 1 amide bonds. The zero-order valence-corrected chi connectivity index (χ0v) is 19.0. The largest absolute Gasteiger partial charge is 0.364 e. The van der Waals surface area contributed by atoms with Gasteiger partial charge in [-0.2, -0.15) is 5.26 Å². The van der Waals surface area contributed by atoms with Crippen LogP contribution in [0.5, 0.6) is 0 Å². The van der Waals surface area contributed by atoms with Gasteiger partial charge in [0.1, 0.15) is 11.4 Å². The number of nitriles is 1. The van der Waals surface area contributed by atoms with Crippen LogP contribution in [0.2, 0.25) is 0 Å². The van der Waals surface area contributed by atoms with Crippen molar-refractivity contribution in [2.45, 2.75) is 26.7 Å². The summed E-state index contributed by atoms with van der Waals surface area (Å²) in [4.78, 5) is 30.1. The molecule has 9 heteroatoms. The van der Waals surface area contributed by atoms with E-state index in [1.54, 1.807) is 31.2 Å². The topological polar surface area (TPSA) is 119 Å². The van der Waals surface area contributed by atoms with Gasteiger partial charge in [-0.15, -0.1) is 5.92 Å². The first-order valence-corrected chi connectivity index (χ1v) is 10.8. The molecule has 33 heavy (non-hydrogen) atoms. The Kier molecular flexibility index (Phi) is 7.73. The van der Waals surface area contributed by atoms with E-state index in [9.17, 15) is 14.9 Å². The van der Waals surface area contributed by atoms with Gasteiger partial charge in [-0.1, -0.05) is 24.7 Å². The third kappa shape index (κ3) is 5.01. The number of hydrogen-bond donors (Lipinski definition) is 3. The molecule has 0 spiro atoms. The Bertz CT molecular complexity index is 1150. The van der Waals surface area contributed by atoms with Crippen molar-refractivity contribution < 1.29 is 4.79 Å². The Morgan fingerprint density at radius 2 is 2.12 bits per heavy atom. The van der Waals surface area contributed by atoms with Crippen LogP contribution in [0.3, 0.4) is 0 Å². The molecule has 3 rings (SSSR count). The number of nitrogens with zero attached hydrogens (tertiary/aromatic N) is 4. The maximum absolute atomic E-state index is 13.7. The van der Waals surface area contributed by atoms with Crippen LogP contribution in [0.1, 0.15) is 24.3 Å². The second kappa shape index (κ2) is 10.7. The number of aromatic nitrogens is 1. The van der Waals surface area contributed by atoms with Crippen molar-refractivity contribution in [3.05, 3.63) is 58.1 Å². The molecule has 1 aromatic heterocycles. The lowest BCUT2D eigenvalue weighted by atomic mass is 10.1. The quantitative estimate of drug-likeness (QED) is 0.324. The minimum absolute atomic E-state index is 0.0348. The van der Waals surface area contributed by atoms with E-state index in [1.807, 2.05) is 11.8 Å². The first-order chi connectivity index (χ1) is 15.9. The van der Waals surface area contributed by atoms with Crippen molar-refractivity contribution in [2.24, 2.45) is 5.73 Å². The lowest BCUT2D eigenvalue weighted by molar-refractivity contribution is 0.0990. The Morgan fingerprint density at radius 3 is 2.73 bits per heavy atom. The molecule has 2 aliphatic rings. The van der Waals surface area contributed by atoms with E-state index < -0.39 is 5.91 Å². The second-order valence-corrected chi connectivity index (χ2v) is 7.73. The van der Waals surface area contributed by atoms with Gasteiger partial charge in [0.25, 0.3) is 11.5 Å². The molecule has 0 aliphatic carbocycles. The van der Waals surface area contributed by atoms with Crippen molar-refractivity contribution in [3.8, 4) is 17.9 Å². The first kappa shape index (κ1) is 23.9. The average Bonchev–Trinajstić information content (AvgIpc) is 3.19. The minimum Gasteiger partial charge on any atom is -0.364 e. The third-order valence-corrected chi connectivity index (χ3v) is 5.62. The van der Waals surface area contributed by atoms with Crippen molar-refractivity contribution in [1.29, 1.82) is 5.26 Å². The van der Waals surface area contributed by atoms with E-state index in [2.05, 4.69) is 40.0 Å². The van der Waals surface area contributed by atoms with E-state index in [0.717, 1.165) is 26.2 Å². The van der Waals surface area contributed by atoms with Crippen molar-refractivity contribution in [2.75, 3.05) is 42.9 Å². The van der Waals surface area contributed by atoms with E-state index >= 15 is 0 Å². The Labute approximate surface area is 193 Å². The highest BCUT2D eigenvalue weighted by atomic mass is 16.2. The highest BCUT2D eigenvalue weighted by Crippen LogP contribution is 2.33. The number of rotatable bonds is 7. The van der Waals surface area contributed by atoms with Crippen LogP contribution >= 0.6 is 0 Å². The van der Waals surface area contributed by atoms with Crippen LogP contribution in [0.25, 0.3) is 0 Å². The zero-order chi connectivity index (χ0) is 24.0. The van der Waals surface area contributed by atoms with Crippen LogP contribution in [0.4, 0.5) is 11.4 Å². The summed E-state index contributed by atoms with van der Waals surface area (Å²) in [7, 11) is 0. The highest BCUT2D eigenvalue weighted by Gasteiger charge is 2.37. The molecule has 0 saturated carbocycles. The number of carbonyl (C=O) groups is 1. The molecule has 1 saturated heterocycles. The fourth-order valence-corrected chi connectivity index (χ4v) is 3.97. The molecule has 0 aromatic carbocycles. The summed E-state index contributed by atoms with van der Waals surface area (Å²) in [6, 6.07) is 3.69. The first-order valence-electron chi connectivity index (χ1n) is 10.8. The summed E-state index contributed by atoms with van der Waals surface area (Å²) in [6.45, 7) is 11.2. The second-order valence-electron chi connectivity index (χ2n) is 7.73. The zero-order valence-electron chi connectivity index (χ0n) is 19.0. The summed E-state index contributed by atoms with van der Waals surface area (Å²) in [5.41, 5.74) is 7.00. The predicted octanol–water partition coefficient (Wildman–Crippen LogP) is 0.973. The number of piperazine rings is 1. The SMILES string of the molecule is C=C(Cn1c(C(N)=O)cc2c(c1=O)N(CC#CC)C(N1CCNCC1)N2)/C(C#N)=C\C=C/C. The number of primary amides is 1. The van der Waals surface area contributed by atoms with E-state index in [-0.39, 0.29) is 24.1 Å². The fourth-order valence-electron chi connectivity index (χ4n) is 3.97. The number of fused-ring (bicyclic) bond motifs is 1. The lowest BCUT2D eigenvalue weighted by Gasteiger charge is -2.37. The average molecular weight is 448 g/mol. The molecule has 2 aliphatic heterocycles. The molecule has 1 unspecified atom stereocenters. The molecule has 4 N–H and O–H groups in total. The number of pyridine rings is 1. The molecule has 9 nitrogen and oxygen atoms in total. The van der Waals surface area contributed by atoms with Crippen LogP contribution in [0.15, 0.2) is 46.8 Å². The molecular weight excluding hydrogens is 418 g/mol. The number of carbonyl (C=O) groups excluding carboxylic acids is 1. The predicted molar refractivity (Wildman–Crippen MR) is 130 cm³/mol. The summed E-state index contributed by atoms with van der Waals surface area (Å²) in [5.74, 6) is 5.21. The van der Waals surface area contributed by atoms with Crippen molar-refractivity contribution in [1.82, 2.24) is 14.8 Å². The van der Waals surface area contributed by atoms with Gasteiger partial charge in [-0.05, 0) is 31.6 Å². The summed E-state index contributed by atoms with van der Waals surface area (Å²) in [5, 5.41) is 16.2. The monoisotopic (exact) mass is 447 g/mol. The van der Waals surface area contributed by atoms with E-state index in [1.165, 1.54) is 4.57 Å². The Balaban J connectivity index is 2.08. The van der Waals surface area contributed by atoms with Gasteiger partial charge < -0.3 is 21.3 Å². The van der Waals surface area contributed by atoms with Crippen molar-refractivity contribution >= 4 is 17.3 Å². The van der Waals surface area contributed by atoms with Crippen molar-refractivity contribution in [3.63, 3.8) is 0 Å². The van der Waals surface area contributed by atoms with Gasteiger partial charge in [0.15, 0.2) is 6.29 Å². The van der Waals surface area contributed by atoms with Crippen LogP contribution in [0, 0.1) is 23.2 Å². The summed E-state index contributed by atoms with van der Waals surface area (Å²) in [6.07, 6.45) is 4.86. The van der Waals surface area contributed by atoms with Crippen LogP contribution < -0.4 is 26.8 Å². The van der Waals surface area contributed by atoms with Gasteiger partial charge in [0.05, 0.1) is 30.4 Å². The van der Waals surface area contributed by atoms with Gasteiger partial charge >= 0.3 is 0 Å².